The van der Waals surface area contributed by atoms with Gasteiger partial charge in [-0.1, -0.05) is 20.8 Å². The third-order valence-corrected chi connectivity index (χ3v) is 3.65. The molecule has 0 radical (unpaired) electrons. The Bertz CT molecular complexity index is 468. The highest BCUT2D eigenvalue weighted by molar-refractivity contribution is 7.19. The molecule has 2 heterocycles. The van der Waals surface area contributed by atoms with E-state index in [1.807, 2.05) is 0 Å². The first-order chi connectivity index (χ1) is 6.48. The monoisotopic (exact) mass is 207 g/mol. The molecule has 3 nitrogen and oxygen atoms in total. The third kappa shape index (κ3) is 1.46. The van der Waals surface area contributed by atoms with Gasteiger partial charge in [-0.15, -0.1) is 11.3 Å². The molecule has 0 unspecified atom stereocenters. The zero-order chi connectivity index (χ0) is 10.3. The molecule has 0 fully saturated rings. The van der Waals surface area contributed by atoms with Crippen LogP contribution in [0.5, 0.6) is 0 Å². The zero-order valence-corrected chi connectivity index (χ0v) is 9.35. The number of nitrogen functional groups attached to an aromatic ring is 1. The van der Waals surface area contributed by atoms with Crippen molar-refractivity contribution >= 4 is 27.4 Å². The van der Waals surface area contributed by atoms with E-state index in [0.29, 0.717) is 5.82 Å². The van der Waals surface area contributed by atoms with E-state index in [9.17, 15) is 0 Å². The summed E-state index contributed by atoms with van der Waals surface area (Å²) in [4.78, 5) is 9.47. The second-order valence-electron chi connectivity index (χ2n) is 4.33. The van der Waals surface area contributed by atoms with Crippen molar-refractivity contribution < 1.29 is 0 Å². The molecule has 2 aromatic heterocycles. The van der Waals surface area contributed by atoms with Crippen molar-refractivity contribution in [3.63, 3.8) is 0 Å². The highest BCUT2D eigenvalue weighted by Gasteiger charge is 2.18. The fourth-order valence-corrected chi connectivity index (χ4v) is 2.31. The highest BCUT2D eigenvalue weighted by atomic mass is 32.1. The maximum absolute atomic E-state index is 5.77. The number of nitrogens with two attached hydrogens (primary N) is 1. The van der Waals surface area contributed by atoms with Gasteiger partial charge in [0.25, 0.3) is 0 Å². The Morgan fingerprint density at radius 1 is 1.29 bits per heavy atom. The van der Waals surface area contributed by atoms with Crippen LogP contribution in [-0.2, 0) is 5.41 Å². The van der Waals surface area contributed by atoms with E-state index in [1.54, 1.807) is 11.3 Å². The number of aromatic nitrogens is 2. The van der Waals surface area contributed by atoms with Gasteiger partial charge < -0.3 is 5.73 Å². The van der Waals surface area contributed by atoms with Gasteiger partial charge in [0.2, 0.25) is 0 Å². The molecule has 2 N–H and O–H groups in total. The standard InChI is InChI=1S/C10H13N3S/c1-10(2,3)7-4-6-8(14-7)9(11)13-5-12-6/h4-5H,1-3H3,(H2,11,12,13). The van der Waals surface area contributed by atoms with Crippen molar-refractivity contribution in [1.82, 2.24) is 9.97 Å². The topological polar surface area (TPSA) is 51.8 Å². The molecule has 0 spiro atoms. The highest BCUT2D eigenvalue weighted by Crippen LogP contribution is 2.34. The predicted molar refractivity (Wildman–Crippen MR) is 60.5 cm³/mol. The average molecular weight is 207 g/mol. The molecule has 0 saturated heterocycles. The van der Waals surface area contributed by atoms with Crippen molar-refractivity contribution in [1.29, 1.82) is 0 Å². The van der Waals surface area contributed by atoms with Crippen LogP contribution in [0.15, 0.2) is 12.4 Å². The van der Waals surface area contributed by atoms with Crippen LogP contribution in [0.4, 0.5) is 5.82 Å². The molecule has 0 atom stereocenters. The summed E-state index contributed by atoms with van der Waals surface area (Å²) in [5, 5.41) is 0. The van der Waals surface area contributed by atoms with Gasteiger partial charge in [-0.25, -0.2) is 9.97 Å². The Morgan fingerprint density at radius 2 is 2.00 bits per heavy atom. The molecule has 0 aromatic carbocycles. The van der Waals surface area contributed by atoms with Crippen molar-refractivity contribution in [2.45, 2.75) is 26.2 Å². The summed E-state index contributed by atoms with van der Waals surface area (Å²) < 4.78 is 0.998. The quantitative estimate of drug-likeness (QED) is 0.722. The number of rotatable bonds is 0. The SMILES string of the molecule is CC(C)(C)c1cc2ncnc(N)c2s1. The number of thiophene rings is 1. The number of anilines is 1. The van der Waals surface area contributed by atoms with Crippen molar-refractivity contribution in [3.05, 3.63) is 17.3 Å². The Kier molecular flexibility index (Phi) is 1.96. The molecule has 2 aromatic rings. The summed E-state index contributed by atoms with van der Waals surface area (Å²) >= 11 is 1.68. The number of nitrogens with zero attached hydrogens (tertiary/aromatic N) is 2. The first-order valence-electron chi connectivity index (χ1n) is 4.49. The van der Waals surface area contributed by atoms with E-state index in [-0.39, 0.29) is 5.41 Å². The molecular formula is C10H13N3S. The van der Waals surface area contributed by atoms with Crippen LogP contribution in [-0.4, -0.2) is 9.97 Å². The molecule has 14 heavy (non-hydrogen) atoms. The summed E-state index contributed by atoms with van der Waals surface area (Å²) in [7, 11) is 0. The van der Waals surface area contributed by atoms with E-state index in [2.05, 4.69) is 36.8 Å². The van der Waals surface area contributed by atoms with Crippen LogP contribution in [0.1, 0.15) is 25.6 Å². The minimum Gasteiger partial charge on any atom is -0.382 e. The maximum Gasteiger partial charge on any atom is 0.144 e. The Morgan fingerprint density at radius 3 is 2.57 bits per heavy atom. The van der Waals surface area contributed by atoms with Gasteiger partial charge in [-0.2, -0.15) is 0 Å². The third-order valence-electron chi connectivity index (χ3n) is 2.08. The van der Waals surface area contributed by atoms with Crippen LogP contribution in [0.25, 0.3) is 10.2 Å². The predicted octanol–water partition coefficient (Wildman–Crippen LogP) is 2.57. The van der Waals surface area contributed by atoms with Crippen LogP contribution in [0.2, 0.25) is 0 Å². The largest absolute Gasteiger partial charge is 0.382 e. The lowest BCUT2D eigenvalue weighted by atomic mass is 9.95. The normalized spacial score (nSPS) is 12.2. The molecule has 4 heteroatoms. The molecule has 0 bridgehead atoms. The number of hydrogen-bond acceptors (Lipinski definition) is 4. The summed E-state index contributed by atoms with van der Waals surface area (Å²) in [5.74, 6) is 0.579. The van der Waals surface area contributed by atoms with Gasteiger partial charge in [0.15, 0.2) is 0 Å². The smallest absolute Gasteiger partial charge is 0.144 e. The number of hydrogen-bond donors (Lipinski definition) is 1. The molecular weight excluding hydrogens is 194 g/mol. The van der Waals surface area contributed by atoms with E-state index >= 15 is 0 Å². The lowest BCUT2D eigenvalue weighted by Gasteiger charge is -2.14. The Balaban J connectivity index is 2.69. The zero-order valence-electron chi connectivity index (χ0n) is 8.53. The molecule has 74 valence electrons. The minimum atomic E-state index is 0.151. The lowest BCUT2D eigenvalue weighted by molar-refractivity contribution is 0.604. The van der Waals surface area contributed by atoms with Crippen LogP contribution in [0, 0.1) is 0 Å². The maximum atomic E-state index is 5.77. The number of fused-ring (bicyclic) bond motifs is 1. The first kappa shape index (κ1) is 9.40. The average Bonchev–Trinajstić information content (AvgIpc) is 2.48. The van der Waals surface area contributed by atoms with Gasteiger partial charge in [-0.05, 0) is 11.5 Å². The van der Waals surface area contributed by atoms with Crippen molar-refractivity contribution in [2.24, 2.45) is 0 Å². The fourth-order valence-electron chi connectivity index (χ4n) is 1.24. The van der Waals surface area contributed by atoms with Gasteiger partial charge in [0.1, 0.15) is 12.1 Å². The summed E-state index contributed by atoms with van der Waals surface area (Å²) in [6, 6.07) is 2.10. The molecule has 0 amide bonds. The Hall–Kier alpha value is -1.16. The van der Waals surface area contributed by atoms with E-state index < -0.39 is 0 Å². The minimum absolute atomic E-state index is 0.151. The van der Waals surface area contributed by atoms with E-state index in [4.69, 9.17) is 5.73 Å². The van der Waals surface area contributed by atoms with Gasteiger partial charge in [0, 0.05) is 4.88 Å². The van der Waals surface area contributed by atoms with Gasteiger partial charge in [0.05, 0.1) is 10.2 Å². The van der Waals surface area contributed by atoms with E-state index in [0.717, 1.165) is 10.2 Å². The van der Waals surface area contributed by atoms with Crippen molar-refractivity contribution in [2.75, 3.05) is 5.73 Å². The molecule has 0 aliphatic carbocycles. The lowest BCUT2D eigenvalue weighted by Crippen LogP contribution is -2.07. The fraction of sp³-hybridized carbons (Fsp3) is 0.400. The van der Waals surface area contributed by atoms with Crippen LogP contribution >= 0.6 is 11.3 Å². The molecule has 0 saturated carbocycles. The van der Waals surface area contributed by atoms with E-state index in [1.165, 1.54) is 11.2 Å². The van der Waals surface area contributed by atoms with Crippen LogP contribution < -0.4 is 5.73 Å². The molecule has 0 aliphatic rings. The molecule has 0 aliphatic heterocycles. The summed E-state index contributed by atoms with van der Waals surface area (Å²) in [6.07, 6.45) is 1.51. The van der Waals surface area contributed by atoms with Crippen molar-refractivity contribution in [3.8, 4) is 0 Å². The summed E-state index contributed by atoms with van der Waals surface area (Å²) in [5.41, 5.74) is 6.87. The first-order valence-corrected chi connectivity index (χ1v) is 5.30. The second-order valence-corrected chi connectivity index (χ2v) is 5.39. The van der Waals surface area contributed by atoms with Gasteiger partial charge in [-0.3, -0.25) is 0 Å². The second kappa shape index (κ2) is 2.92. The van der Waals surface area contributed by atoms with Gasteiger partial charge >= 0.3 is 0 Å². The van der Waals surface area contributed by atoms with Crippen LogP contribution in [0.3, 0.4) is 0 Å². The Labute approximate surface area is 87.0 Å². The molecule has 2 rings (SSSR count). The summed E-state index contributed by atoms with van der Waals surface area (Å²) in [6.45, 7) is 6.55.